The average molecular weight is 1750 g/mol. The fourth-order valence-corrected chi connectivity index (χ4v) is 10.9. The monoisotopic (exact) mass is 1750 g/mol. The number of esters is 3. The summed E-state index contributed by atoms with van der Waals surface area (Å²) in [6.07, 6.45) is 116. The third kappa shape index (κ3) is 72.5. The lowest BCUT2D eigenvalue weighted by Gasteiger charge is -2.14. The Morgan fingerprint density at radius 2 is 0.496 bits per heavy atom. The number of hydrogen-bond acceptors (Lipinski definition) is 9. The van der Waals surface area contributed by atoms with Crippen LogP contribution in [0.1, 0.15) is 271 Å². The largest absolute Gasteiger partial charge is 0.462 e. The van der Waals surface area contributed by atoms with Crippen LogP contribution < -0.4 is 25.4 Å². The van der Waals surface area contributed by atoms with Gasteiger partial charge >= 0.3 is 30.3 Å². The van der Waals surface area contributed by atoms with Crippen LogP contribution in [0.5, 0.6) is 11.5 Å². The summed E-state index contributed by atoms with van der Waals surface area (Å²) >= 11 is 0. The molecule has 0 aliphatic rings. The van der Waals surface area contributed by atoms with Gasteiger partial charge in [0.15, 0.2) is 0 Å². The van der Waals surface area contributed by atoms with Crippen molar-refractivity contribution in [1.29, 1.82) is 0 Å². The third-order valence-electron chi connectivity index (χ3n) is 17.6. The van der Waals surface area contributed by atoms with Crippen molar-refractivity contribution >= 4 is 35.6 Å². The number of hydrogen-bond donors (Lipinski definition) is 3. The van der Waals surface area contributed by atoms with Gasteiger partial charge in [0.2, 0.25) is 11.8 Å². The molecule has 0 unspecified atom stereocenters. The fraction of sp³-hybridized carbons (Fsp3) is 0.394. The Balaban J connectivity index is 0.00000127. The quantitative estimate of drug-likeness (QED) is 0.0192. The lowest BCUT2D eigenvalue weighted by molar-refractivity contribution is -0.139. The predicted molar refractivity (Wildman–Crippen MR) is 517 cm³/mol. The highest BCUT2D eigenvalue weighted by Crippen LogP contribution is 2.35. The molecular formula is C109H143F6N3O9. The molecule has 0 aliphatic carbocycles. The Morgan fingerprint density at radius 1 is 0.276 bits per heavy atom. The van der Waals surface area contributed by atoms with Crippen LogP contribution in [0.25, 0.3) is 0 Å². The number of amides is 3. The molecule has 0 bridgehead atoms. The minimum absolute atomic E-state index is 0.0293. The summed E-state index contributed by atoms with van der Waals surface area (Å²) < 4.78 is 96.6. The number of carbonyl (C=O) groups excluding carboxylic acids is 6. The van der Waals surface area contributed by atoms with Crippen LogP contribution in [0.2, 0.25) is 0 Å². The molecule has 0 fully saturated rings. The number of halogens is 6. The van der Waals surface area contributed by atoms with Crippen molar-refractivity contribution in [2.45, 2.75) is 252 Å². The summed E-state index contributed by atoms with van der Waals surface area (Å²) in [6.45, 7) is 8.81. The molecule has 2 aromatic carbocycles. The summed E-state index contributed by atoms with van der Waals surface area (Å²) in [5.74, 6) is -4.53. The van der Waals surface area contributed by atoms with Gasteiger partial charge in [0.25, 0.3) is 5.91 Å². The van der Waals surface area contributed by atoms with Crippen molar-refractivity contribution < 1.29 is 69.3 Å². The summed E-state index contributed by atoms with van der Waals surface area (Å²) in [6, 6.07) is 4.71. The van der Waals surface area contributed by atoms with Crippen molar-refractivity contribution in [3.05, 3.63) is 350 Å². The van der Waals surface area contributed by atoms with Gasteiger partial charge in [-0.1, -0.05) is 319 Å². The summed E-state index contributed by atoms with van der Waals surface area (Å²) in [5, 5.41) is 8.06. The van der Waals surface area contributed by atoms with Crippen LogP contribution >= 0.6 is 0 Å². The number of nitrogens with one attached hydrogen (secondary N) is 3. The number of ether oxygens (including phenoxy) is 3. The Hall–Kier alpha value is -11.4. The van der Waals surface area contributed by atoms with Gasteiger partial charge in [0, 0.05) is 45.3 Å². The third-order valence-corrected chi connectivity index (χ3v) is 17.6. The first kappa shape index (κ1) is 114. The second kappa shape index (κ2) is 82.9. The topological polar surface area (TPSA) is 166 Å². The fourth-order valence-electron chi connectivity index (χ4n) is 10.9. The number of rotatable bonds is 67. The molecule has 0 aromatic heterocycles. The molecule has 0 saturated heterocycles. The summed E-state index contributed by atoms with van der Waals surface area (Å²) in [4.78, 5) is 75.3. The minimum Gasteiger partial charge on any atom is -0.462 e. The van der Waals surface area contributed by atoms with Crippen LogP contribution in [-0.4, -0.2) is 61.9 Å². The molecule has 18 heteroatoms. The lowest BCUT2D eigenvalue weighted by Crippen LogP contribution is -2.34. The second-order valence-electron chi connectivity index (χ2n) is 28.6. The van der Waals surface area contributed by atoms with Crippen molar-refractivity contribution in [1.82, 2.24) is 16.0 Å². The molecule has 127 heavy (non-hydrogen) atoms. The van der Waals surface area contributed by atoms with Crippen LogP contribution in [0.4, 0.5) is 26.3 Å². The Labute approximate surface area is 756 Å². The molecule has 0 aliphatic heterocycles. The first-order valence-corrected chi connectivity index (χ1v) is 45.3. The van der Waals surface area contributed by atoms with Crippen molar-refractivity contribution in [2.24, 2.45) is 0 Å². The average Bonchev–Trinajstić information content (AvgIpc) is 0.820. The van der Waals surface area contributed by atoms with E-state index in [2.05, 4.69) is 268 Å². The maximum Gasteiger partial charge on any atom is 0.416 e. The smallest absolute Gasteiger partial charge is 0.416 e. The van der Waals surface area contributed by atoms with Crippen LogP contribution in [0.15, 0.2) is 328 Å². The van der Waals surface area contributed by atoms with E-state index in [0.717, 1.165) is 166 Å². The van der Waals surface area contributed by atoms with E-state index in [1.807, 2.05) is 54.7 Å². The van der Waals surface area contributed by atoms with E-state index >= 15 is 0 Å². The number of alkyl halides is 6. The van der Waals surface area contributed by atoms with Gasteiger partial charge in [-0.05, 0) is 223 Å². The van der Waals surface area contributed by atoms with E-state index in [4.69, 9.17) is 14.2 Å². The van der Waals surface area contributed by atoms with Gasteiger partial charge in [-0.2, -0.15) is 26.3 Å². The zero-order valence-electron chi connectivity index (χ0n) is 75.8. The van der Waals surface area contributed by atoms with Gasteiger partial charge in [0.1, 0.15) is 17.1 Å². The highest BCUT2D eigenvalue weighted by molar-refractivity contribution is 5.98. The molecule has 0 spiro atoms. The van der Waals surface area contributed by atoms with Crippen LogP contribution in [0, 0.1) is 0 Å². The van der Waals surface area contributed by atoms with Crippen molar-refractivity contribution in [3.8, 4) is 11.5 Å². The first-order chi connectivity index (χ1) is 61.9. The van der Waals surface area contributed by atoms with Crippen LogP contribution in [-0.2, 0) is 36.3 Å². The van der Waals surface area contributed by atoms with Gasteiger partial charge in [-0.15, -0.1) is 0 Å². The maximum atomic E-state index is 13.5. The van der Waals surface area contributed by atoms with E-state index in [1.54, 1.807) is 12.2 Å². The Kier molecular flexibility index (Phi) is 74.1. The molecular weight excluding hydrogens is 1610 g/mol. The highest BCUT2D eigenvalue weighted by atomic mass is 19.4. The highest BCUT2D eigenvalue weighted by Gasteiger charge is 2.34. The molecule has 12 nitrogen and oxygen atoms in total. The van der Waals surface area contributed by atoms with Gasteiger partial charge in [-0.25, -0.2) is 4.79 Å². The molecule has 690 valence electrons. The SMILES string of the molecule is CC/C=C\C/C=C\C/C=C\C/C=C\C/C=C\C/C=C\CCC(=O)NCCCOC(=O)c1ccc(C(F)(F)F)cc1OC(=O)CC/C=C\C/C=C\C/C=C\C/C=C\C/C=C\C/C=C\CC.CC/C=C\C/C=C\C/C=C\C/C=C\C/C=C\C/C=C\CCC(=O)NCCNC(=O)c1ccc(C(F)(F)F)cc1OC(=O)CC/C=C\C/C=C\C/C=C\C/C=C\C/C=C\C/C=C\CC. The van der Waals surface area contributed by atoms with Crippen molar-refractivity contribution in [3.63, 3.8) is 0 Å². The van der Waals surface area contributed by atoms with E-state index in [-0.39, 0.29) is 68.4 Å². The molecule has 0 radical (unpaired) electrons. The molecule has 3 N–H and O–H groups in total. The number of allylic oxidation sites excluding steroid dienone is 48. The zero-order valence-corrected chi connectivity index (χ0v) is 75.8. The summed E-state index contributed by atoms with van der Waals surface area (Å²) in [5.41, 5.74) is -2.61. The van der Waals surface area contributed by atoms with Crippen molar-refractivity contribution in [2.75, 3.05) is 26.2 Å². The summed E-state index contributed by atoms with van der Waals surface area (Å²) in [7, 11) is 0. The van der Waals surface area contributed by atoms with Crippen LogP contribution in [0.3, 0.4) is 0 Å². The maximum absolute atomic E-state index is 13.5. The van der Waals surface area contributed by atoms with E-state index in [0.29, 0.717) is 63.5 Å². The predicted octanol–water partition coefficient (Wildman–Crippen LogP) is 29.6. The molecule has 0 atom stereocenters. The molecule has 3 amide bonds. The Morgan fingerprint density at radius 3 is 0.756 bits per heavy atom. The second-order valence-corrected chi connectivity index (χ2v) is 28.6. The number of carbonyl (C=O) groups is 6. The van der Waals surface area contributed by atoms with Gasteiger partial charge in [0.05, 0.1) is 23.3 Å². The first-order valence-electron chi connectivity index (χ1n) is 45.3. The van der Waals surface area contributed by atoms with E-state index in [1.165, 1.54) is 0 Å². The lowest BCUT2D eigenvalue weighted by atomic mass is 10.1. The molecule has 0 saturated carbocycles. The Bertz CT molecular complexity index is 4110. The zero-order chi connectivity index (χ0) is 92.5. The molecule has 0 heterocycles. The standard InChI is InChI=1S/C55H72F3NO5.C54H71F3N2O4/c1-3-5-7-9-11-13-15-17-19-21-23-25-27-29-31-33-35-37-39-42-52(60)59-46-41-47-63-54(62)50-45-44-49(55(56,57)58)48-51(50)64-53(61)43-40-38-36-34-32-30-28-26-24-22-20-18-16-14-12-10-8-6-4-2;1-3-5-7-9-11-13-15-17-19-21-23-25-27-29-31-33-35-37-39-41-51(60)58-45-46-59-53(62)49-44-43-48(54(55,56)57)47-50(49)63-52(61)42-40-38-36-34-32-30-28-26-24-22-20-18-16-14-12-10-8-6-4-2/h5-8,11-14,17-20,23-26,29-32,35-38,44-45,48H,3-4,9-10,15-16,21-22,27-28,33-34,39-43,46-47H2,1-2H3,(H,59,60);5-8,11-14,17-20,23-26,29-32,35-38,43-44,47H,3-4,9-10,15-16,21-22,27-28,33-34,39-42,45-46H2,1-2H3,(H,58,60)(H,59,62)/b2*7-5-,8-6-,13-11-,14-12-,19-17-,20-18-,25-23-,26-24-,31-29-,32-30-,37-35-,38-36-. The van der Waals surface area contributed by atoms with Gasteiger partial charge in [-0.3, -0.25) is 24.0 Å². The molecule has 2 aromatic rings. The number of benzene rings is 2. The normalized spacial score (nSPS) is 13.1. The van der Waals surface area contributed by atoms with Gasteiger partial charge < -0.3 is 30.2 Å². The van der Waals surface area contributed by atoms with E-state index in [9.17, 15) is 55.1 Å². The minimum atomic E-state index is -4.71. The van der Waals surface area contributed by atoms with E-state index < -0.39 is 58.8 Å². The molecule has 2 rings (SSSR count).